The quantitative estimate of drug-likeness (QED) is 0.616. The van der Waals surface area contributed by atoms with Crippen LogP contribution in [0, 0.1) is 6.92 Å². The van der Waals surface area contributed by atoms with Crippen LogP contribution in [0.1, 0.15) is 5.56 Å². The van der Waals surface area contributed by atoms with E-state index >= 15 is 0 Å². The molecule has 2 nitrogen and oxygen atoms in total. The number of benzene rings is 2. The third-order valence-electron chi connectivity index (χ3n) is 3.49. The molecule has 0 radical (unpaired) electrons. The number of hydrogen-bond donors (Lipinski definition) is 0. The fourth-order valence-electron chi connectivity index (χ4n) is 2.43. The molecule has 0 aliphatic rings. The van der Waals surface area contributed by atoms with Crippen LogP contribution in [0.5, 0.6) is 0 Å². The summed E-state index contributed by atoms with van der Waals surface area (Å²) in [5.41, 5.74) is 4.97. The predicted octanol–water partition coefficient (Wildman–Crippen LogP) is 3.28. The largest absolute Gasteiger partial charge is 0.238 e. The van der Waals surface area contributed by atoms with Crippen LogP contribution >= 0.6 is 0 Å². The van der Waals surface area contributed by atoms with E-state index in [9.17, 15) is 0 Å². The van der Waals surface area contributed by atoms with Gasteiger partial charge in [-0.1, -0.05) is 36.4 Å². The Morgan fingerprint density at radius 1 is 0.842 bits per heavy atom. The van der Waals surface area contributed by atoms with Crippen LogP contribution in [-0.4, -0.2) is 4.68 Å². The number of rotatable bonds is 2. The average Bonchev–Trinajstić information content (AvgIpc) is 2.82. The van der Waals surface area contributed by atoms with Gasteiger partial charge in [-0.15, -0.1) is 9.36 Å². The molecule has 0 saturated carbocycles. The van der Waals surface area contributed by atoms with E-state index in [1.165, 1.54) is 22.5 Å². The molecule has 0 unspecified atom stereocenters. The Hall–Kier alpha value is -2.35. The van der Waals surface area contributed by atoms with Crippen molar-refractivity contribution in [2.75, 3.05) is 0 Å². The summed E-state index contributed by atoms with van der Waals surface area (Å²) in [5, 5.41) is 0. The second kappa shape index (κ2) is 4.73. The van der Waals surface area contributed by atoms with E-state index < -0.39 is 0 Å². The zero-order valence-electron chi connectivity index (χ0n) is 11.2. The number of nitrogens with zero attached hydrogens (tertiary/aromatic N) is 2. The summed E-state index contributed by atoms with van der Waals surface area (Å²) in [7, 11) is 2.09. The normalized spacial score (nSPS) is 10.6. The van der Waals surface area contributed by atoms with Crippen LogP contribution in [0.2, 0.25) is 0 Å². The molecule has 3 aromatic rings. The lowest BCUT2D eigenvalue weighted by molar-refractivity contribution is -0.734. The Morgan fingerprint density at radius 2 is 1.53 bits per heavy atom. The molecule has 0 aliphatic heterocycles. The topological polar surface area (TPSA) is 8.81 Å². The Balaban J connectivity index is 2.12. The summed E-state index contributed by atoms with van der Waals surface area (Å²) in [6.07, 6.45) is 2.11. The average molecular weight is 249 g/mol. The molecule has 0 aliphatic carbocycles. The van der Waals surface area contributed by atoms with E-state index in [2.05, 4.69) is 84.1 Å². The van der Waals surface area contributed by atoms with Gasteiger partial charge in [-0.25, -0.2) is 0 Å². The molecule has 0 spiro atoms. The van der Waals surface area contributed by atoms with Crippen LogP contribution in [0.15, 0.2) is 66.9 Å². The van der Waals surface area contributed by atoms with Crippen molar-refractivity contribution < 1.29 is 4.68 Å². The molecule has 0 amide bonds. The van der Waals surface area contributed by atoms with E-state index in [1.807, 2.05) is 6.07 Å². The Kier molecular flexibility index (Phi) is 2.92. The molecule has 94 valence electrons. The van der Waals surface area contributed by atoms with Gasteiger partial charge in [0.05, 0.1) is 11.8 Å². The number of aromatic nitrogens is 2. The maximum absolute atomic E-state index is 2.18. The van der Waals surface area contributed by atoms with Gasteiger partial charge >= 0.3 is 0 Å². The second-order valence-corrected chi connectivity index (χ2v) is 4.72. The molecule has 1 aromatic heterocycles. The molecule has 2 aromatic carbocycles. The SMILES string of the molecule is Cc1ccccc1-c1ccn(-c2ccccc2)[n+]1C. The Bertz CT molecular complexity index is 696. The molecule has 2 heteroatoms. The monoisotopic (exact) mass is 249 g/mol. The maximum atomic E-state index is 2.18. The molecule has 0 N–H and O–H groups in total. The van der Waals surface area contributed by atoms with Gasteiger partial charge in [0.2, 0.25) is 5.69 Å². The van der Waals surface area contributed by atoms with Crippen molar-refractivity contribution in [1.82, 2.24) is 4.68 Å². The second-order valence-electron chi connectivity index (χ2n) is 4.72. The highest BCUT2D eigenvalue weighted by Gasteiger charge is 2.17. The molecule has 0 fully saturated rings. The first kappa shape index (κ1) is 11.7. The van der Waals surface area contributed by atoms with Crippen LogP contribution in [0.25, 0.3) is 16.9 Å². The predicted molar refractivity (Wildman–Crippen MR) is 77.1 cm³/mol. The molecule has 0 saturated heterocycles. The van der Waals surface area contributed by atoms with Crippen LogP contribution in [-0.2, 0) is 7.05 Å². The lowest BCUT2D eigenvalue weighted by atomic mass is 10.1. The summed E-state index contributed by atoms with van der Waals surface area (Å²) in [4.78, 5) is 0. The lowest BCUT2D eigenvalue weighted by Gasteiger charge is -2.03. The first-order valence-corrected chi connectivity index (χ1v) is 6.46. The Labute approximate surface area is 113 Å². The number of aryl methyl sites for hydroxylation is 1. The van der Waals surface area contributed by atoms with E-state index in [0.717, 1.165) is 0 Å². The lowest BCUT2D eigenvalue weighted by Crippen LogP contribution is -2.39. The van der Waals surface area contributed by atoms with Gasteiger partial charge in [0.25, 0.3) is 0 Å². The minimum atomic E-state index is 1.17. The van der Waals surface area contributed by atoms with E-state index in [4.69, 9.17) is 0 Å². The van der Waals surface area contributed by atoms with Crippen LogP contribution < -0.4 is 4.68 Å². The number of hydrogen-bond acceptors (Lipinski definition) is 0. The molecular weight excluding hydrogens is 232 g/mol. The van der Waals surface area contributed by atoms with Gasteiger partial charge in [-0.3, -0.25) is 0 Å². The van der Waals surface area contributed by atoms with E-state index in [1.54, 1.807) is 0 Å². The van der Waals surface area contributed by atoms with Crippen LogP contribution in [0.4, 0.5) is 0 Å². The van der Waals surface area contributed by atoms with Gasteiger partial charge in [0, 0.05) is 6.07 Å². The molecule has 1 heterocycles. The first-order chi connectivity index (χ1) is 9.27. The maximum Gasteiger partial charge on any atom is 0.238 e. The highest BCUT2D eigenvalue weighted by molar-refractivity contribution is 5.60. The van der Waals surface area contributed by atoms with Crippen molar-refractivity contribution in [2.24, 2.45) is 7.05 Å². The third-order valence-corrected chi connectivity index (χ3v) is 3.49. The minimum Gasteiger partial charge on any atom is -0.128 e. The fraction of sp³-hybridized carbons (Fsp3) is 0.118. The fourth-order valence-corrected chi connectivity index (χ4v) is 2.43. The zero-order valence-corrected chi connectivity index (χ0v) is 11.2. The van der Waals surface area contributed by atoms with Crippen molar-refractivity contribution in [3.05, 3.63) is 72.4 Å². The molecular formula is C17H17N2+. The highest BCUT2D eigenvalue weighted by atomic mass is 15.4. The highest BCUT2D eigenvalue weighted by Crippen LogP contribution is 2.20. The molecule has 19 heavy (non-hydrogen) atoms. The zero-order chi connectivity index (χ0) is 13.2. The van der Waals surface area contributed by atoms with Crippen molar-refractivity contribution >= 4 is 0 Å². The van der Waals surface area contributed by atoms with Crippen molar-refractivity contribution in [3.8, 4) is 16.9 Å². The minimum absolute atomic E-state index is 1.17. The Morgan fingerprint density at radius 3 is 2.26 bits per heavy atom. The van der Waals surface area contributed by atoms with Crippen molar-refractivity contribution in [1.29, 1.82) is 0 Å². The van der Waals surface area contributed by atoms with Gasteiger partial charge in [-0.05, 0) is 30.7 Å². The summed E-state index contributed by atoms with van der Waals surface area (Å²) in [6.45, 7) is 2.15. The van der Waals surface area contributed by atoms with Gasteiger partial charge in [-0.2, -0.15) is 0 Å². The van der Waals surface area contributed by atoms with Crippen molar-refractivity contribution in [2.45, 2.75) is 6.92 Å². The van der Waals surface area contributed by atoms with Gasteiger partial charge in [0.15, 0.2) is 7.05 Å². The molecule has 0 atom stereocenters. The number of para-hydroxylation sites is 1. The summed E-state index contributed by atoms with van der Waals surface area (Å²) in [6, 6.07) is 21.0. The van der Waals surface area contributed by atoms with Gasteiger partial charge in [0.1, 0.15) is 5.69 Å². The third kappa shape index (κ3) is 2.06. The standard InChI is InChI=1S/C17H17N2/c1-14-8-6-7-11-16(14)17-12-13-19(18(17)2)15-9-4-3-5-10-15/h3-13H,1-2H3/q+1. The summed E-state index contributed by atoms with van der Waals surface area (Å²) >= 11 is 0. The van der Waals surface area contributed by atoms with Crippen LogP contribution in [0.3, 0.4) is 0 Å². The first-order valence-electron chi connectivity index (χ1n) is 6.46. The van der Waals surface area contributed by atoms with E-state index in [-0.39, 0.29) is 0 Å². The smallest absolute Gasteiger partial charge is 0.128 e. The molecule has 3 rings (SSSR count). The summed E-state index contributed by atoms with van der Waals surface area (Å²) in [5.74, 6) is 0. The molecule has 0 bridgehead atoms. The van der Waals surface area contributed by atoms with Gasteiger partial charge < -0.3 is 0 Å². The van der Waals surface area contributed by atoms with Crippen molar-refractivity contribution in [3.63, 3.8) is 0 Å². The summed E-state index contributed by atoms with van der Waals surface area (Å²) < 4.78 is 4.33. The van der Waals surface area contributed by atoms with E-state index in [0.29, 0.717) is 0 Å².